The first-order chi connectivity index (χ1) is 47.1. The van der Waals surface area contributed by atoms with E-state index in [-0.39, 0.29) is 25.7 Å². The molecule has 0 saturated heterocycles. The van der Waals surface area contributed by atoms with E-state index >= 15 is 0 Å². The third kappa shape index (κ3) is 72.4. The lowest BCUT2D eigenvalue weighted by Gasteiger charge is -2.21. The van der Waals surface area contributed by atoms with Crippen LogP contribution in [-0.4, -0.2) is 96.7 Å². The first-order valence-corrected chi connectivity index (χ1v) is 43.7. The number of ether oxygens (including phenoxy) is 4. The Hall–Kier alpha value is -1.94. The number of phosphoric ester groups is 2. The van der Waals surface area contributed by atoms with Crippen LogP contribution in [0.5, 0.6) is 0 Å². The van der Waals surface area contributed by atoms with E-state index in [1.54, 1.807) is 0 Å². The van der Waals surface area contributed by atoms with Crippen molar-refractivity contribution in [2.75, 3.05) is 39.6 Å². The molecule has 0 amide bonds. The summed E-state index contributed by atoms with van der Waals surface area (Å²) in [6.07, 6.45) is 54.4. The fourth-order valence-corrected chi connectivity index (χ4v) is 13.7. The fourth-order valence-electron chi connectivity index (χ4n) is 12.1. The maximum absolute atomic E-state index is 13.1. The largest absolute Gasteiger partial charge is 0.472 e. The van der Waals surface area contributed by atoms with Gasteiger partial charge in [-0.25, -0.2) is 9.13 Å². The molecule has 17 nitrogen and oxygen atoms in total. The molecule has 5 atom stereocenters. The average Bonchev–Trinajstić information content (AvgIpc) is 0.962. The van der Waals surface area contributed by atoms with Crippen molar-refractivity contribution >= 4 is 39.5 Å². The summed E-state index contributed by atoms with van der Waals surface area (Å²) in [6.45, 7) is 14.2. The predicted molar refractivity (Wildman–Crippen MR) is 400 cm³/mol. The number of hydrogen-bond donors (Lipinski definition) is 3. The van der Waals surface area contributed by atoms with E-state index in [2.05, 4.69) is 55.4 Å². The lowest BCUT2D eigenvalue weighted by Crippen LogP contribution is -2.30. The number of carbonyl (C=O) groups is 4. The van der Waals surface area contributed by atoms with Gasteiger partial charge < -0.3 is 33.8 Å². The van der Waals surface area contributed by atoms with Crippen LogP contribution in [0.3, 0.4) is 0 Å². The predicted octanol–water partition coefficient (Wildman–Crippen LogP) is 23.2. The maximum Gasteiger partial charge on any atom is 0.472 e. The Morgan fingerprint density at radius 1 is 0.255 bits per heavy atom. The van der Waals surface area contributed by atoms with Crippen molar-refractivity contribution in [2.45, 2.75) is 420 Å². The number of phosphoric acid groups is 2. The van der Waals surface area contributed by atoms with E-state index in [1.165, 1.54) is 199 Å². The van der Waals surface area contributed by atoms with Crippen LogP contribution in [0, 0.1) is 23.7 Å². The number of rotatable bonds is 76. The second kappa shape index (κ2) is 68.2. The monoisotopic (exact) mass is 1440 g/mol. The number of aliphatic hydroxyl groups excluding tert-OH is 1. The molecule has 0 aromatic heterocycles. The molecule has 0 heterocycles. The van der Waals surface area contributed by atoms with Gasteiger partial charge in [0.15, 0.2) is 12.2 Å². The Bertz CT molecular complexity index is 1920. The van der Waals surface area contributed by atoms with E-state index in [9.17, 15) is 43.2 Å². The van der Waals surface area contributed by atoms with E-state index < -0.39 is 97.5 Å². The Morgan fingerprint density at radius 3 is 0.633 bits per heavy atom. The van der Waals surface area contributed by atoms with Gasteiger partial charge in [0.05, 0.1) is 26.4 Å². The maximum atomic E-state index is 13.1. The molecule has 0 aliphatic rings. The Balaban J connectivity index is 5.19. The second-order valence-corrected chi connectivity index (χ2v) is 33.3. The highest BCUT2D eigenvalue weighted by Gasteiger charge is 2.30. The van der Waals surface area contributed by atoms with Gasteiger partial charge in [-0.05, 0) is 49.4 Å². The molecular formula is C79H154O17P2. The molecule has 0 bridgehead atoms. The van der Waals surface area contributed by atoms with Gasteiger partial charge in [-0.3, -0.25) is 37.3 Å². The highest BCUT2D eigenvalue weighted by Crippen LogP contribution is 2.45. The Morgan fingerprint density at radius 2 is 0.429 bits per heavy atom. The van der Waals surface area contributed by atoms with Crippen LogP contribution in [0.15, 0.2) is 0 Å². The van der Waals surface area contributed by atoms with Gasteiger partial charge in [0.25, 0.3) is 0 Å². The van der Waals surface area contributed by atoms with Gasteiger partial charge in [0, 0.05) is 25.7 Å². The molecule has 0 spiro atoms. The van der Waals surface area contributed by atoms with Crippen LogP contribution < -0.4 is 0 Å². The Kier molecular flexibility index (Phi) is 66.8. The summed E-state index contributed by atoms with van der Waals surface area (Å²) in [7, 11) is -9.92. The van der Waals surface area contributed by atoms with Gasteiger partial charge in [0.2, 0.25) is 0 Å². The standard InChI is InChI=1S/C79H154O17P2/c1-69(2)55-47-39-31-25-20-16-13-11-9-10-12-14-18-22-28-35-45-53-61-78(83)95-74(65-89-76(81)59-51-43-34-30-24-27-33-41-49-57-71(5)6)67-93-97(85,86)91-63-73(80)64-92-98(87,88)94-68-75(66-90-77(82)60-52-44-38-37-42-50-58-72(7)8)96-79(84)62-54-46-36-29-23-19-15-17-21-26-32-40-48-56-70(3)4/h69-75,80H,9-68H2,1-8H3,(H,85,86)(H,87,88)/t73-,74-,75-/m1/s1. The van der Waals surface area contributed by atoms with Crippen molar-refractivity contribution in [3.05, 3.63) is 0 Å². The van der Waals surface area contributed by atoms with Crippen LogP contribution in [-0.2, 0) is 65.4 Å². The lowest BCUT2D eigenvalue weighted by molar-refractivity contribution is -0.161. The SMILES string of the molecule is CC(C)CCCCCCCCCCCCCCCCCCCCC(=O)O[C@H](COC(=O)CCCCCCCCCCCC(C)C)COP(=O)(O)OC[C@@H](O)COP(=O)(O)OC[C@@H](COC(=O)CCCCCCCCC(C)C)OC(=O)CCCCCCCCCCCCCCCC(C)C. The van der Waals surface area contributed by atoms with Crippen LogP contribution >= 0.6 is 15.6 Å². The second-order valence-electron chi connectivity index (χ2n) is 30.4. The molecule has 0 rings (SSSR count). The molecule has 19 heteroatoms. The third-order valence-corrected chi connectivity index (χ3v) is 20.2. The van der Waals surface area contributed by atoms with Crippen molar-refractivity contribution in [2.24, 2.45) is 23.7 Å². The molecule has 0 aromatic carbocycles. The van der Waals surface area contributed by atoms with Crippen LogP contribution in [0.25, 0.3) is 0 Å². The molecule has 0 aliphatic heterocycles. The highest BCUT2D eigenvalue weighted by atomic mass is 31.2. The summed E-state index contributed by atoms with van der Waals surface area (Å²) in [4.78, 5) is 72.9. The smallest absolute Gasteiger partial charge is 0.462 e. The first-order valence-electron chi connectivity index (χ1n) is 40.7. The first kappa shape index (κ1) is 96.1. The van der Waals surface area contributed by atoms with Crippen LogP contribution in [0.2, 0.25) is 0 Å². The van der Waals surface area contributed by atoms with Crippen molar-refractivity contribution in [3.8, 4) is 0 Å². The quantitative estimate of drug-likeness (QED) is 0.0222. The summed E-state index contributed by atoms with van der Waals surface area (Å²) < 4.78 is 68.6. The van der Waals surface area contributed by atoms with Crippen molar-refractivity contribution in [1.82, 2.24) is 0 Å². The van der Waals surface area contributed by atoms with Crippen molar-refractivity contribution in [3.63, 3.8) is 0 Å². The summed E-state index contributed by atoms with van der Waals surface area (Å²) in [5.41, 5.74) is 0. The minimum Gasteiger partial charge on any atom is -0.462 e. The van der Waals surface area contributed by atoms with Crippen molar-refractivity contribution in [1.29, 1.82) is 0 Å². The fraction of sp³-hybridized carbons (Fsp3) is 0.949. The van der Waals surface area contributed by atoms with Crippen LogP contribution in [0.4, 0.5) is 0 Å². The zero-order valence-electron chi connectivity index (χ0n) is 64.4. The van der Waals surface area contributed by atoms with Crippen LogP contribution in [0.1, 0.15) is 402 Å². The highest BCUT2D eigenvalue weighted by molar-refractivity contribution is 7.47. The molecule has 3 N–H and O–H groups in total. The topological polar surface area (TPSA) is 237 Å². The number of carbonyl (C=O) groups excluding carboxylic acids is 4. The average molecular weight is 1440 g/mol. The van der Waals surface area contributed by atoms with Gasteiger partial charge in [-0.1, -0.05) is 351 Å². The number of unbranched alkanes of at least 4 members (excludes halogenated alkanes) is 42. The van der Waals surface area contributed by atoms with Crippen molar-refractivity contribution < 1.29 is 80.2 Å². The minimum atomic E-state index is -4.96. The number of aliphatic hydroxyl groups is 1. The summed E-state index contributed by atoms with van der Waals surface area (Å²) in [5.74, 6) is 0.911. The molecule has 98 heavy (non-hydrogen) atoms. The molecule has 2 unspecified atom stereocenters. The van der Waals surface area contributed by atoms with Gasteiger partial charge >= 0.3 is 39.5 Å². The summed E-state index contributed by atoms with van der Waals surface area (Å²) in [6, 6.07) is 0. The van der Waals surface area contributed by atoms with E-state index in [0.29, 0.717) is 31.6 Å². The zero-order chi connectivity index (χ0) is 72.4. The van der Waals surface area contributed by atoms with Gasteiger partial charge in [-0.2, -0.15) is 0 Å². The summed E-state index contributed by atoms with van der Waals surface area (Å²) >= 11 is 0. The molecule has 0 saturated carbocycles. The molecule has 0 radical (unpaired) electrons. The molecule has 582 valence electrons. The van der Waals surface area contributed by atoms with Gasteiger partial charge in [0.1, 0.15) is 19.3 Å². The molecule has 0 aromatic rings. The number of hydrogen-bond acceptors (Lipinski definition) is 15. The number of esters is 4. The van der Waals surface area contributed by atoms with E-state index in [0.717, 1.165) is 114 Å². The van der Waals surface area contributed by atoms with Gasteiger partial charge in [-0.15, -0.1) is 0 Å². The molecule has 0 aliphatic carbocycles. The summed E-state index contributed by atoms with van der Waals surface area (Å²) in [5, 5.41) is 10.6. The normalized spacial score (nSPS) is 14.1. The Labute approximate surface area is 600 Å². The molecular weight excluding hydrogens is 1280 g/mol. The minimum absolute atomic E-state index is 0.106. The lowest BCUT2D eigenvalue weighted by atomic mass is 10.0. The van der Waals surface area contributed by atoms with E-state index in [4.69, 9.17) is 37.0 Å². The third-order valence-electron chi connectivity index (χ3n) is 18.3. The molecule has 0 fully saturated rings. The van der Waals surface area contributed by atoms with E-state index in [1.807, 2.05) is 0 Å². The zero-order valence-corrected chi connectivity index (χ0v) is 66.2.